The molecule has 2 aliphatic heterocycles. The number of halogens is 2. The number of piperidine rings is 1. The Labute approximate surface area is 266 Å². The van der Waals surface area contributed by atoms with Gasteiger partial charge >= 0.3 is 6.61 Å². The molecular formula is C33H38F2N8O3. The number of nitrogens with one attached hydrogen (secondary N) is 2. The van der Waals surface area contributed by atoms with Crippen molar-refractivity contribution in [1.29, 1.82) is 0 Å². The van der Waals surface area contributed by atoms with Gasteiger partial charge in [-0.1, -0.05) is 12.6 Å². The van der Waals surface area contributed by atoms with Crippen molar-refractivity contribution in [1.82, 2.24) is 24.6 Å². The number of morpholine rings is 1. The van der Waals surface area contributed by atoms with Crippen molar-refractivity contribution < 1.29 is 23.0 Å². The maximum atomic E-state index is 13.7. The van der Waals surface area contributed by atoms with E-state index in [1.165, 1.54) is 12.4 Å². The van der Waals surface area contributed by atoms with E-state index in [9.17, 15) is 13.6 Å². The molecule has 2 aliphatic rings. The molecule has 0 aliphatic carbocycles. The normalized spacial score (nSPS) is 19.4. The SMILES string of the molecule is C=CC(=O)Nc1cc(Nc2cc(-c3ccc4c(cnn4C)c3)ncn2)c(OC(F)F)cc1N1CCC(N2C[C@@H](C)O[C@@H](C)C2)CC1. The summed E-state index contributed by atoms with van der Waals surface area (Å²) in [6.07, 6.45) is 6.46. The number of fused-ring (bicyclic) bond motifs is 1. The van der Waals surface area contributed by atoms with E-state index in [-0.39, 0.29) is 23.6 Å². The highest BCUT2D eigenvalue weighted by Gasteiger charge is 2.31. The molecule has 0 spiro atoms. The lowest BCUT2D eigenvalue weighted by atomic mass is 10.00. The molecule has 2 aromatic heterocycles. The van der Waals surface area contributed by atoms with Crippen molar-refractivity contribution in [3.8, 4) is 17.0 Å². The molecule has 1 amide bonds. The standard InChI is InChI=1S/C33H38F2N8O3/c1-5-32(44)40-26-13-27(39-31-14-25(36-19-37-31)22-6-7-28-23(12-22)16-38-41(28)4)30(46-33(34)35)15-29(26)42-10-8-24(9-11-42)43-17-20(2)45-21(3)18-43/h5-7,12-16,19-21,24,33H,1,8-11,17-18H2,2-4H3,(H,40,44)(H,36,37,39)/t20-,21+. The summed E-state index contributed by atoms with van der Waals surface area (Å²) in [6, 6.07) is 11.1. The van der Waals surface area contributed by atoms with Crippen molar-refractivity contribution in [2.24, 2.45) is 7.05 Å². The fourth-order valence-electron chi connectivity index (χ4n) is 6.44. The molecule has 4 aromatic rings. The third-order valence-corrected chi connectivity index (χ3v) is 8.50. The molecule has 242 valence electrons. The summed E-state index contributed by atoms with van der Waals surface area (Å²) in [4.78, 5) is 25.8. The van der Waals surface area contributed by atoms with Crippen LogP contribution in [-0.4, -0.2) is 81.6 Å². The zero-order chi connectivity index (χ0) is 32.4. The van der Waals surface area contributed by atoms with Gasteiger partial charge in [0.25, 0.3) is 0 Å². The van der Waals surface area contributed by atoms with E-state index >= 15 is 0 Å². The lowest BCUT2D eigenvalue weighted by Crippen LogP contribution is -2.53. The lowest BCUT2D eigenvalue weighted by molar-refractivity contribution is -0.111. The van der Waals surface area contributed by atoms with Gasteiger partial charge in [0.15, 0.2) is 5.75 Å². The molecule has 2 saturated heterocycles. The summed E-state index contributed by atoms with van der Waals surface area (Å²) in [6.45, 7) is 7.82. The fourth-order valence-corrected chi connectivity index (χ4v) is 6.44. The number of anilines is 4. The van der Waals surface area contributed by atoms with Crippen molar-refractivity contribution in [2.45, 2.75) is 51.6 Å². The Morgan fingerprint density at radius 3 is 2.57 bits per heavy atom. The Morgan fingerprint density at radius 1 is 1.09 bits per heavy atom. The minimum Gasteiger partial charge on any atom is -0.433 e. The number of hydrogen-bond acceptors (Lipinski definition) is 9. The predicted molar refractivity (Wildman–Crippen MR) is 174 cm³/mol. The highest BCUT2D eigenvalue weighted by atomic mass is 19.3. The Hall–Kier alpha value is -4.62. The first-order valence-corrected chi connectivity index (χ1v) is 15.4. The van der Waals surface area contributed by atoms with Crippen LogP contribution in [0.4, 0.5) is 31.7 Å². The molecule has 6 rings (SSSR count). The third kappa shape index (κ3) is 6.95. The average molecular weight is 633 g/mol. The first kappa shape index (κ1) is 31.4. The van der Waals surface area contributed by atoms with Gasteiger partial charge < -0.3 is 25.0 Å². The molecule has 0 radical (unpaired) electrons. The van der Waals surface area contributed by atoms with Crippen LogP contribution in [0.3, 0.4) is 0 Å². The number of aryl methyl sites for hydroxylation is 1. The minimum atomic E-state index is -3.06. The van der Waals surface area contributed by atoms with Crippen LogP contribution >= 0.6 is 0 Å². The summed E-state index contributed by atoms with van der Waals surface area (Å²) >= 11 is 0. The highest BCUT2D eigenvalue weighted by molar-refractivity contribution is 6.02. The lowest BCUT2D eigenvalue weighted by Gasteiger charge is -2.44. The van der Waals surface area contributed by atoms with Gasteiger partial charge in [-0.25, -0.2) is 9.97 Å². The Balaban J connectivity index is 1.28. The van der Waals surface area contributed by atoms with Crippen molar-refractivity contribution in [2.75, 3.05) is 41.7 Å². The number of carbonyl (C=O) groups excluding carboxylic acids is 1. The fraction of sp³-hybridized carbons (Fsp3) is 0.394. The van der Waals surface area contributed by atoms with Gasteiger partial charge in [0.1, 0.15) is 12.1 Å². The number of aromatic nitrogens is 4. The zero-order valence-electron chi connectivity index (χ0n) is 26.1. The second-order valence-electron chi connectivity index (χ2n) is 11.8. The largest absolute Gasteiger partial charge is 0.433 e. The van der Waals surface area contributed by atoms with E-state index in [0.29, 0.717) is 42.0 Å². The molecule has 2 fully saturated rings. The second-order valence-corrected chi connectivity index (χ2v) is 11.8. The van der Waals surface area contributed by atoms with Crippen molar-refractivity contribution in [3.63, 3.8) is 0 Å². The number of carbonyl (C=O) groups is 1. The van der Waals surface area contributed by atoms with Gasteiger partial charge in [0.05, 0.1) is 46.7 Å². The van der Waals surface area contributed by atoms with E-state index in [1.54, 1.807) is 29.1 Å². The zero-order valence-corrected chi connectivity index (χ0v) is 26.1. The van der Waals surface area contributed by atoms with Crippen LogP contribution in [0.25, 0.3) is 22.2 Å². The van der Waals surface area contributed by atoms with E-state index in [4.69, 9.17) is 9.47 Å². The Morgan fingerprint density at radius 2 is 1.85 bits per heavy atom. The first-order chi connectivity index (χ1) is 22.2. The number of alkyl halides is 2. The van der Waals surface area contributed by atoms with Crippen molar-refractivity contribution >= 4 is 39.7 Å². The van der Waals surface area contributed by atoms with Crippen LogP contribution in [-0.2, 0) is 16.6 Å². The van der Waals surface area contributed by atoms with Gasteiger partial charge in [-0.15, -0.1) is 0 Å². The number of benzene rings is 2. The predicted octanol–water partition coefficient (Wildman–Crippen LogP) is 5.58. The maximum absolute atomic E-state index is 13.7. The van der Waals surface area contributed by atoms with Crippen LogP contribution in [0.2, 0.25) is 0 Å². The van der Waals surface area contributed by atoms with Crippen LogP contribution in [0, 0.1) is 0 Å². The van der Waals surface area contributed by atoms with E-state index in [2.05, 4.69) is 55.9 Å². The van der Waals surface area contributed by atoms with Gasteiger partial charge in [0, 0.05) is 62.4 Å². The van der Waals surface area contributed by atoms with Gasteiger partial charge in [-0.05, 0) is 51.0 Å². The summed E-state index contributed by atoms with van der Waals surface area (Å²) in [5.74, 6) is -0.133. The Bertz CT molecular complexity index is 1710. The van der Waals surface area contributed by atoms with Gasteiger partial charge in [0.2, 0.25) is 5.91 Å². The van der Waals surface area contributed by atoms with Gasteiger partial charge in [-0.2, -0.15) is 13.9 Å². The monoisotopic (exact) mass is 632 g/mol. The molecule has 0 saturated carbocycles. The second kappa shape index (κ2) is 13.4. The molecule has 2 N–H and O–H groups in total. The number of amides is 1. The summed E-state index contributed by atoms with van der Waals surface area (Å²) in [5.41, 5.74) is 3.69. The molecule has 0 unspecified atom stereocenters. The van der Waals surface area contributed by atoms with Crippen LogP contribution < -0.4 is 20.3 Å². The quantitative estimate of drug-likeness (QED) is 0.229. The first-order valence-electron chi connectivity index (χ1n) is 15.4. The smallest absolute Gasteiger partial charge is 0.387 e. The molecule has 2 atom stereocenters. The number of nitrogens with zero attached hydrogens (tertiary/aromatic N) is 6. The molecule has 13 heteroatoms. The number of ether oxygens (including phenoxy) is 2. The molecule has 4 heterocycles. The van der Waals surface area contributed by atoms with Gasteiger partial charge in [-0.3, -0.25) is 14.4 Å². The maximum Gasteiger partial charge on any atom is 0.387 e. The van der Waals surface area contributed by atoms with E-state index in [1.807, 2.05) is 25.2 Å². The number of hydrogen-bond donors (Lipinski definition) is 2. The molecule has 46 heavy (non-hydrogen) atoms. The summed E-state index contributed by atoms with van der Waals surface area (Å²) < 4.78 is 40.1. The summed E-state index contributed by atoms with van der Waals surface area (Å²) in [7, 11) is 1.87. The topological polar surface area (TPSA) is 110 Å². The molecule has 11 nitrogen and oxygen atoms in total. The molecule has 0 bridgehead atoms. The minimum absolute atomic E-state index is 0.0727. The van der Waals surface area contributed by atoms with E-state index in [0.717, 1.165) is 42.4 Å². The van der Waals surface area contributed by atoms with Crippen LogP contribution in [0.15, 0.2) is 61.6 Å². The van der Waals surface area contributed by atoms with E-state index < -0.39 is 12.5 Å². The third-order valence-electron chi connectivity index (χ3n) is 8.50. The Kier molecular flexibility index (Phi) is 9.13. The molecule has 2 aromatic carbocycles. The highest BCUT2D eigenvalue weighted by Crippen LogP contribution is 2.41. The van der Waals surface area contributed by atoms with Crippen molar-refractivity contribution in [3.05, 3.63) is 61.6 Å². The molecular weight excluding hydrogens is 594 g/mol. The van der Waals surface area contributed by atoms with Crippen LogP contribution in [0.5, 0.6) is 5.75 Å². The number of rotatable bonds is 9. The van der Waals surface area contributed by atoms with Crippen LogP contribution in [0.1, 0.15) is 26.7 Å². The average Bonchev–Trinajstić information content (AvgIpc) is 3.41. The summed E-state index contributed by atoms with van der Waals surface area (Å²) in [5, 5.41) is 11.2.